The van der Waals surface area contributed by atoms with Crippen molar-refractivity contribution in [2.24, 2.45) is 0 Å². The van der Waals surface area contributed by atoms with Crippen LogP contribution in [-0.4, -0.2) is 39.0 Å². The Hall–Kier alpha value is -3.36. The molecule has 1 saturated heterocycles. The minimum Gasteiger partial charge on any atom is -0.339 e. The van der Waals surface area contributed by atoms with Crippen LogP contribution >= 0.6 is 12.6 Å². The van der Waals surface area contributed by atoms with Gasteiger partial charge in [-0.15, -0.1) is 12.6 Å². The molecule has 36 heavy (non-hydrogen) atoms. The number of aromatic nitrogens is 3. The van der Waals surface area contributed by atoms with Crippen LogP contribution in [0.3, 0.4) is 0 Å². The van der Waals surface area contributed by atoms with Crippen molar-refractivity contribution in [2.45, 2.75) is 49.5 Å². The molecule has 7 nitrogen and oxygen atoms in total. The molecule has 3 aromatic heterocycles. The van der Waals surface area contributed by atoms with Gasteiger partial charge in [0.2, 0.25) is 0 Å². The Morgan fingerprint density at radius 2 is 1.83 bits per heavy atom. The molecule has 1 saturated carbocycles. The molecule has 0 amide bonds. The molecule has 0 spiro atoms. The van der Waals surface area contributed by atoms with E-state index >= 15 is 0 Å². The summed E-state index contributed by atoms with van der Waals surface area (Å²) in [6, 6.07) is 14.8. The zero-order chi connectivity index (χ0) is 24.6. The van der Waals surface area contributed by atoms with Gasteiger partial charge in [-0.2, -0.15) is 0 Å². The van der Waals surface area contributed by atoms with Crippen LogP contribution in [0.4, 0.5) is 23.1 Å². The molecule has 3 N–H and O–H groups in total. The maximum absolute atomic E-state index is 12.7. The molecule has 184 valence electrons. The normalized spacial score (nSPS) is 16.8. The summed E-state index contributed by atoms with van der Waals surface area (Å²) in [7, 11) is 0. The highest BCUT2D eigenvalue weighted by molar-refractivity contribution is 7.80. The number of aromatic amines is 1. The Kier molecular flexibility index (Phi) is 6.15. The maximum Gasteiger partial charge on any atom is 0.259 e. The number of H-pyrrole nitrogens is 1. The smallest absolute Gasteiger partial charge is 0.259 e. The van der Waals surface area contributed by atoms with Crippen LogP contribution in [0.5, 0.6) is 0 Å². The number of rotatable bonds is 6. The Labute approximate surface area is 215 Å². The van der Waals surface area contributed by atoms with Gasteiger partial charge >= 0.3 is 0 Å². The summed E-state index contributed by atoms with van der Waals surface area (Å²) >= 11 is 4.30. The van der Waals surface area contributed by atoms with Crippen molar-refractivity contribution in [1.29, 1.82) is 0 Å². The fourth-order valence-corrected chi connectivity index (χ4v) is 5.46. The Morgan fingerprint density at radius 3 is 2.56 bits per heavy atom. The van der Waals surface area contributed by atoms with E-state index in [0.29, 0.717) is 28.8 Å². The number of aryl methyl sites for hydroxylation is 1. The number of piperidine rings is 1. The molecular formula is C28H30N6OS. The minimum atomic E-state index is -0.178. The lowest BCUT2D eigenvalue weighted by atomic mass is 9.86. The molecule has 1 aliphatic heterocycles. The van der Waals surface area contributed by atoms with Crippen molar-refractivity contribution in [3.8, 4) is 0 Å². The highest BCUT2D eigenvalue weighted by Crippen LogP contribution is 2.36. The third-order valence-corrected chi connectivity index (χ3v) is 7.59. The fourth-order valence-electron chi connectivity index (χ4n) is 5.32. The van der Waals surface area contributed by atoms with Gasteiger partial charge in [-0.05, 0) is 105 Å². The molecule has 0 bridgehead atoms. The van der Waals surface area contributed by atoms with E-state index in [1.165, 1.54) is 49.9 Å². The number of pyridine rings is 3. The van der Waals surface area contributed by atoms with Gasteiger partial charge in [0, 0.05) is 29.0 Å². The first kappa shape index (κ1) is 23.1. The Balaban J connectivity index is 1.27. The first-order chi connectivity index (χ1) is 17.5. The molecule has 8 heteroatoms. The predicted molar refractivity (Wildman–Crippen MR) is 148 cm³/mol. The van der Waals surface area contributed by atoms with Gasteiger partial charge in [0.05, 0.1) is 5.39 Å². The second-order valence-electron chi connectivity index (χ2n) is 9.89. The lowest BCUT2D eigenvalue weighted by molar-refractivity contribution is 0.203. The quantitative estimate of drug-likeness (QED) is 0.254. The summed E-state index contributed by atoms with van der Waals surface area (Å²) in [6.45, 7) is 4.60. The van der Waals surface area contributed by atoms with E-state index in [1.54, 1.807) is 12.4 Å². The minimum absolute atomic E-state index is 0.178. The highest BCUT2D eigenvalue weighted by Gasteiger charge is 2.32. The second-order valence-corrected chi connectivity index (χ2v) is 10.4. The number of fused-ring (bicyclic) bond motifs is 1. The van der Waals surface area contributed by atoms with Crippen molar-refractivity contribution in [3.05, 3.63) is 76.3 Å². The van der Waals surface area contributed by atoms with Crippen molar-refractivity contribution < 1.29 is 0 Å². The number of benzene rings is 1. The van der Waals surface area contributed by atoms with Crippen molar-refractivity contribution in [3.63, 3.8) is 0 Å². The van der Waals surface area contributed by atoms with Crippen LogP contribution in [0.15, 0.2) is 64.5 Å². The van der Waals surface area contributed by atoms with Crippen LogP contribution in [0.2, 0.25) is 0 Å². The summed E-state index contributed by atoms with van der Waals surface area (Å²) in [6.07, 6.45) is 8.54. The molecule has 6 rings (SSSR count). The number of hydrogen-bond acceptors (Lipinski definition) is 7. The van der Waals surface area contributed by atoms with E-state index in [2.05, 4.69) is 63.3 Å². The summed E-state index contributed by atoms with van der Waals surface area (Å²) in [5.74, 6) is 2.38. The van der Waals surface area contributed by atoms with Gasteiger partial charge in [0.1, 0.15) is 17.5 Å². The Bertz CT molecular complexity index is 1460. The predicted octanol–water partition coefficient (Wildman–Crippen LogP) is 5.74. The number of thiol groups is 1. The van der Waals surface area contributed by atoms with Gasteiger partial charge in [-0.1, -0.05) is 6.07 Å². The Morgan fingerprint density at radius 1 is 1.00 bits per heavy atom. The SMILES string of the molecule is Cc1cc(Nc2nc(Nc3ccc(S)cn3)cc3cc[nH]c(=O)c23)ccc1C1CCN(C2CC2)CC1. The fraction of sp³-hybridized carbons (Fsp3) is 0.321. The van der Waals surface area contributed by atoms with E-state index in [4.69, 9.17) is 4.98 Å². The van der Waals surface area contributed by atoms with Gasteiger partial charge < -0.3 is 20.5 Å². The van der Waals surface area contributed by atoms with Crippen LogP contribution in [0, 0.1) is 6.92 Å². The standard InChI is InChI=1S/C28H30N6OS/c1-17-14-20(2-6-23(17)18-9-12-34(13-10-18)21-3-4-21)31-27-26-19(8-11-29-28(26)35)15-25(33-27)32-24-7-5-22(36)16-30-24/h2,5-8,11,14-16,18,21,36H,3-4,9-10,12-13H2,1H3,(H,29,35)(H2,30,31,32,33). The monoisotopic (exact) mass is 498 g/mol. The van der Waals surface area contributed by atoms with Crippen LogP contribution in [0.1, 0.15) is 42.7 Å². The molecule has 1 aromatic carbocycles. The average molecular weight is 499 g/mol. The highest BCUT2D eigenvalue weighted by atomic mass is 32.1. The summed E-state index contributed by atoms with van der Waals surface area (Å²) in [4.78, 5) is 28.0. The van der Waals surface area contributed by atoms with E-state index in [-0.39, 0.29) is 5.56 Å². The third kappa shape index (κ3) is 4.83. The lowest BCUT2D eigenvalue weighted by Gasteiger charge is -2.33. The molecule has 1 aliphatic carbocycles. The van der Waals surface area contributed by atoms with Gasteiger partial charge in [0.25, 0.3) is 5.56 Å². The first-order valence-corrected chi connectivity index (χ1v) is 13.0. The second kappa shape index (κ2) is 9.59. The number of anilines is 4. The zero-order valence-corrected chi connectivity index (χ0v) is 21.2. The van der Waals surface area contributed by atoms with Gasteiger partial charge in [-0.3, -0.25) is 4.79 Å². The summed E-state index contributed by atoms with van der Waals surface area (Å²) in [5.41, 5.74) is 3.44. The zero-order valence-electron chi connectivity index (χ0n) is 20.3. The molecule has 4 aromatic rings. The number of nitrogens with zero attached hydrogens (tertiary/aromatic N) is 3. The maximum atomic E-state index is 12.7. The van der Waals surface area contributed by atoms with Gasteiger partial charge in [-0.25, -0.2) is 9.97 Å². The molecule has 0 unspecified atom stereocenters. The average Bonchev–Trinajstić information content (AvgIpc) is 3.71. The van der Waals surface area contributed by atoms with Crippen molar-refractivity contribution >= 4 is 46.5 Å². The van der Waals surface area contributed by atoms with Crippen molar-refractivity contribution in [2.75, 3.05) is 23.7 Å². The molecule has 2 aliphatic rings. The van der Waals surface area contributed by atoms with Crippen molar-refractivity contribution in [1.82, 2.24) is 19.9 Å². The lowest BCUT2D eigenvalue weighted by Crippen LogP contribution is -2.34. The largest absolute Gasteiger partial charge is 0.339 e. The molecule has 4 heterocycles. The van der Waals surface area contributed by atoms with E-state index < -0.39 is 0 Å². The van der Waals surface area contributed by atoms with Crippen LogP contribution < -0.4 is 16.2 Å². The van der Waals surface area contributed by atoms with E-state index in [1.807, 2.05) is 24.3 Å². The summed E-state index contributed by atoms with van der Waals surface area (Å²) in [5, 5.41) is 7.96. The third-order valence-electron chi connectivity index (χ3n) is 7.32. The number of nitrogens with one attached hydrogen (secondary N) is 3. The molecule has 0 radical (unpaired) electrons. The van der Waals surface area contributed by atoms with Crippen LogP contribution in [0.25, 0.3) is 10.8 Å². The van der Waals surface area contributed by atoms with E-state index in [9.17, 15) is 4.79 Å². The molecular weight excluding hydrogens is 468 g/mol. The molecule has 0 atom stereocenters. The molecule has 2 fully saturated rings. The van der Waals surface area contributed by atoms with Crippen LogP contribution in [-0.2, 0) is 0 Å². The van der Waals surface area contributed by atoms with Gasteiger partial charge in [0.15, 0.2) is 0 Å². The topological polar surface area (TPSA) is 85.9 Å². The first-order valence-electron chi connectivity index (χ1n) is 12.6. The van der Waals surface area contributed by atoms with E-state index in [0.717, 1.165) is 22.0 Å². The number of likely N-dealkylation sites (tertiary alicyclic amines) is 1. The summed E-state index contributed by atoms with van der Waals surface area (Å²) < 4.78 is 0. The number of hydrogen-bond donors (Lipinski definition) is 4.